The Balaban J connectivity index is 2.03. The van der Waals surface area contributed by atoms with Gasteiger partial charge in [-0.2, -0.15) is 0 Å². The van der Waals surface area contributed by atoms with Gasteiger partial charge in [0.1, 0.15) is 0 Å². The van der Waals surface area contributed by atoms with Crippen LogP contribution in [-0.4, -0.2) is 28.7 Å². The highest BCUT2D eigenvalue weighted by molar-refractivity contribution is 6.03. The maximum atomic E-state index is 12.2. The molecule has 0 bridgehead atoms. The predicted molar refractivity (Wildman–Crippen MR) is 76.0 cm³/mol. The summed E-state index contributed by atoms with van der Waals surface area (Å²) in [7, 11) is 1.55. The molecule has 0 aliphatic carbocycles. The molecule has 1 aromatic heterocycles. The van der Waals surface area contributed by atoms with Crippen LogP contribution in [0.15, 0.2) is 36.5 Å². The number of hydrogen-bond donors (Lipinski definition) is 0. The van der Waals surface area contributed by atoms with Crippen molar-refractivity contribution in [3.05, 3.63) is 42.1 Å². The SMILES string of the molecule is CC(c1cccc2cccnc12)C1CC(=O)N(C)C1=O. The van der Waals surface area contributed by atoms with Crippen LogP contribution >= 0.6 is 0 Å². The predicted octanol–water partition coefficient (Wildman–Crippen LogP) is 2.34. The Morgan fingerprint density at radius 3 is 2.70 bits per heavy atom. The van der Waals surface area contributed by atoms with Crippen LogP contribution in [0.2, 0.25) is 0 Å². The van der Waals surface area contributed by atoms with E-state index in [1.807, 2.05) is 37.3 Å². The van der Waals surface area contributed by atoms with Gasteiger partial charge < -0.3 is 0 Å². The van der Waals surface area contributed by atoms with E-state index >= 15 is 0 Å². The van der Waals surface area contributed by atoms with E-state index in [4.69, 9.17) is 0 Å². The molecule has 20 heavy (non-hydrogen) atoms. The zero-order valence-electron chi connectivity index (χ0n) is 11.5. The number of rotatable bonds is 2. The van der Waals surface area contributed by atoms with Gasteiger partial charge in [0.2, 0.25) is 11.8 Å². The summed E-state index contributed by atoms with van der Waals surface area (Å²) in [4.78, 5) is 29.5. The molecule has 102 valence electrons. The first-order valence-corrected chi connectivity index (χ1v) is 6.73. The van der Waals surface area contributed by atoms with E-state index in [-0.39, 0.29) is 23.7 Å². The summed E-state index contributed by atoms with van der Waals surface area (Å²) in [5, 5.41) is 1.06. The molecule has 0 N–H and O–H groups in total. The topological polar surface area (TPSA) is 50.3 Å². The van der Waals surface area contributed by atoms with Gasteiger partial charge in [0.25, 0.3) is 0 Å². The molecular formula is C16H16N2O2. The van der Waals surface area contributed by atoms with Gasteiger partial charge in [0.15, 0.2) is 0 Å². The number of likely N-dealkylation sites (tertiary alicyclic amines) is 1. The number of imide groups is 1. The fourth-order valence-electron chi connectivity index (χ4n) is 2.89. The van der Waals surface area contributed by atoms with Crippen LogP contribution in [0.1, 0.15) is 24.8 Å². The summed E-state index contributed by atoms with van der Waals surface area (Å²) < 4.78 is 0. The number of hydrogen-bond acceptors (Lipinski definition) is 3. The zero-order chi connectivity index (χ0) is 14.3. The third kappa shape index (κ3) is 1.88. The summed E-state index contributed by atoms with van der Waals surface area (Å²) in [6.45, 7) is 2.00. The summed E-state index contributed by atoms with van der Waals surface area (Å²) in [5.74, 6) is -0.481. The van der Waals surface area contributed by atoms with Crippen LogP contribution in [0.4, 0.5) is 0 Å². The van der Waals surface area contributed by atoms with Crippen molar-refractivity contribution in [2.45, 2.75) is 19.3 Å². The summed E-state index contributed by atoms with van der Waals surface area (Å²) in [6.07, 6.45) is 2.05. The Morgan fingerprint density at radius 1 is 1.25 bits per heavy atom. The Bertz CT molecular complexity index is 690. The molecule has 1 fully saturated rings. The van der Waals surface area contributed by atoms with Crippen molar-refractivity contribution in [3.8, 4) is 0 Å². The Kier molecular flexibility index (Phi) is 3.01. The van der Waals surface area contributed by atoms with E-state index in [1.165, 1.54) is 4.90 Å². The normalized spacial score (nSPS) is 20.7. The van der Waals surface area contributed by atoms with Crippen molar-refractivity contribution in [1.82, 2.24) is 9.88 Å². The molecule has 4 heteroatoms. The largest absolute Gasteiger partial charge is 0.285 e. The van der Waals surface area contributed by atoms with E-state index < -0.39 is 0 Å². The number of carbonyl (C=O) groups is 2. The highest BCUT2D eigenvalue weighted by atomic mass is 16.2. The third-order valence-corrected chi connectivity index (χ3v) is 4.17. The molecule has 2 aromatic rings. The lowest BCUT2D eigenvalue weighted by atomic mass is 9.85. The number of nitrogens with zero attached hydrogens (tertiary/aromatic N) is 2. The van der Waals surface area contributed by atoms with Gasteiger partial charge in [-0.15, -0.1) is 0 Å². The molecule has 0 saturated carbocycles. The Morgan fingerprint density at radius 2 is 2.00 bits per heavy atom. The lowest BCUT2D eigenvalue weighted by Crippen LogP contribution is -2.27. The molecule has 4 nitrogen and oxygen atoms in total. The van der Waals surface area contributed by atoms with Crippen LogP contribution in [0.3, 0.4) is 0 Å². The fraction of sp³-hybridized carbons (Fsp3) is 0.312. The van der Waals surface area contributed by atoms with E-state index in [0.29, 0.717) is 6.42 Å². The second kappa shape index (κ2) is 4.71. The van der Waals surface area contributed by atoms with E-state index in [2.05, 4.69) is 4.98 Å². The first-order valence-electron chi connectivity index (χ1n) is 6.73. The molecule has 0 spiro atoms. The number of aromatic nitrogens is 1. The van der Waals surface area contributed by atoms with Crippen LogP contribution in [-0.2, 0) is 9.59 Å². The van der Waals surface area contributed by atoms with Crippen molar-refractivity contribution < 1.29 is 9.59 Å². The number of carbonyl (C=O) groups excluding carboxylic acids is 2. The molecule has 1 aliphatic heterocycles. The number of benzene rings is 1. The van der Waals surface area contributed by atoms with Gasteiger partial charge >= 0.3 is 0 Å². The van der Waals surface area contributed by atoms with Gasteiger partial charge in [-0.05, 0) is 17.5 Å². The lowest BCUT2D eigenvalue weighted by molar-refractivity contribution is -0.137. The minimum absolute atomic E-state index is 0.0185. The molecule has 1 aromatic carbocycles. The fourth-order valence-corrected chi connectivity index (χ4v) is 2.89. The van der Waals surface area contributed by atoms with E-state index in [1.54, 1.807) is 13.2 Å². The van der Waals surface area contributed by atoms with Crippen LogP contribution in [0.5, 0.6) is 0 Å². The lowest BCUT2D eigenvalue weighted by Gasteiger charge is -2.18. The van der Waals surface area contributed by atoms with Gasteiger partial charge in [0, 0.05) is 25.1 Å². The molecule has 1 saturated heterocycles. The molecule has 2 amide bonds. The summed E-state index contributed by atoms with van der Waals surface area (Å²) >= 11 is 0. The number of amides is 2. The van der Waals surface area contributed by atoms with Gasteiger partial charge in [-0.1, -0.05) is 31.2 Å². The van der Waals surface area contributed by atoms with Crippen molar-refractivity contribution in [2.75, 3.05) is 7.05 Å². The average Bonchev–Trinajstić information content (AvgIpc) is 2.73. The first kappa shape index (κ1) is 12.8. The number of fused-ring (bicyclic) bond motifs is 1. The molecule has 2 unspecified atom stereocenters. The van der Waals surface area contributed by atoms with Crippen LogP contribution < -0.4 is 0 Å². The number of para-hydroxylation sites is 1. The van der Waals surface area contributed by atoms with E-state index in [0.717, 1.165) is 16.5 Å². The van der Waals surface area contributed by atoms with Crippen molar-refractivity contribution in [3.63, 3.8) is 0 Å². The zero-order valence-corrected chi connectivity index (χ0v) is 11.5. The molecule has 3 rings (SSSR count). The standard InChI is InChI=1S/C16H16N2O2/c1-10(13-9-14(19)18(2)16(13)20)12-7-3-5-11-6-4-8-17-15(11)12/h3-8,10,13H,9H2,1-2H3. The Labute approximate surface area is 117 Å². The molecule has 2 heterocycles. The van der Waals surface area contributed by atoms with Crippen LogP contribution in [0.25, 0.3) is 10.9 Å². The third-order valence-electron chi connectivity index (χ3n) is 4.17. The highest BCUT2D eigenvalue weighted by Crippen LogP contribution is 2.35. The Hall–Kier alpha value is -2.23. The van der Waals surface area contributed by atoms with Gasteiger partial charge in [-0.3, -0.25) is 19.5 Å². The van der Waals surface area contributed by atoms with Gasteiger partial charge in [-0.25, -0.2) is 0 Å². The van der Waals surface area contributed by atoms with Gasteiger partial charge in [0.05, 0.1) is 11.4 Å². The van der Waals surface area contributed by atoms with Crippen LogP contribution in [0, 0.1) is 5.92 Å². The van der Waals surface area contributed by atoms with E-state index in [9.17, 15) is 9.59 Å². The smallest absolute Gasteiger partial charge is 0.233 e. The van der Waals surface area contributed by atoms with Crippen molar-refractivity contribution >= 4 is 22.7 Å². The molecule has 1 aliphatic rings. The second-order valence-corrected chi connectivity index (χ2v) is 5.31. The maximum Gasteiger partial charge on any atom is 0.233 e. The second-order valence-electron chi connectivity index (χ2n) is 5.31. The minimum Gasteiger partial charge on any atom is -0.285 e. The quantitative estimate of drug-likeness (QED) is 0.785. The maximum absolute atomic E-state index is 12.2. The first-order chi connectivity index (χ1) is 9.59. The molecular weight excluding hydrogens is 252 g/mol. The molecule has 2 atom stereocenters. The summed E-state index contributed by atoms with van der Waals surface area (Å²) in [6, 6.07) is 9.88. The summed E-state index contributed by atoms with van der Waals surface area (Å²) in [5.41, 5.74) is 1.95. The van der Waals surface area contributed by atoms with Crippen molar-refractivity contribution in [2.24, 2.45) is 5.92 Å². The monoisotopic (exact) mass is 268 g/mol. The van der Waals surface area contributed by atoms with Crippen molar-refractivity contribution in [1.29, 1.82) is 0 Å². The number of pyridine rings is 1. The average molecular weight is 268 g/mol. The highest BCUT2D eigenvalue weighted by Gasteiger charge is 2.40. The molecule has 0 radical (unpaired) electrons. The minimum atomic E-state index is -0.278.